The van der Waals surface area contributed by atoms with Crippen LogP contribution in [0.4, 0.5) is 4.79 Å². The molecule has 1 fully saturated rings. The Kier molecular flexibility index (Phi) is 6.80. The SMILES string of the molecule is COc1cc(/C=C2\SC(=O)N(C)C2=O)cc(I)c1OCc1ccc(Cl)c(Cl)c1. The van der Waals surface area contributed by atoms with Gasteiger partial charge in [-0.3, -0.25) is 14.5 Å². The van der Waals surface area contributed by atoms with Gasteiger partial charge in [-0.1, -0.05) is 29.3 Å². The van der Waals surface area contributed by atoms with Crippen molar-refractivity contribution in [2.24, 2.45) is 0 Å². The number of carbonyl (C=O) groups is 2. The molecule has 0 N–H and O–H groups in total. The molecule has 0 radical (unpaired) electrons. The second kappa shape index (κ2) is 8.94. The lowest BCUT2D eigenvalue weighted by atomic mass is 10.1. The third-order valence-electron chi connectivity index (χ3n) is 3.90. The number of hydrogen-bond donors (Lipinski definition) is 0. The monoisotopic (exact) mass is 549 g/mol. The molecule has 0 atom stereocenters. The number of hydrogen-bond acceptors (Lipinski definition) is 5. The molecule has 1 saturated heterocycles. The number of likely N-dealkylation sites (N-methyl/N-ethyl adjacent to an activating group) is 1. The van der Waals surface area contributed by atoms with Gasteiger partial charge < -0.3 is 9.47 Å². The molecular formula is C19H14Cl2INO4S. The molecule has 2 aromatic rings. The van der Waals surface area contributed by atoms with Crippen LogP contribution in [0.15, 0.2) is 35.2 Å². The molecule has 2 aromatic carbocycles. The first-order chi connectivity index (χ1) is 13.3. The highest BCUT2D eigenvalue weighted by Gasteiger charge is 2.31. The molecule has 0 spiro atoms. The highest BCUT2D eigenvalue weighted by atomic mass is 127. The van der Waals surface area contributed by atoms with Gasteiger partial charge in [0.15, 0.2) is 11.5 Å². The summed E-state index contributed by atoms with van der Waals surface area (Å²) in [6.45, 7) is 0.289. The van der Waals surface area contributed by atoms with Crippen LogP contribution in [0, 0.1) is 3.57 Å². The molecule has 3 rings (SSSR count). The zero-order chi connectivity index (χ0) is 20.4. The van der Waals surface area contributed by atoms with Crippen LogP contribution in [0.2, 0.25) is 10.0 Å². The van der Waals surface area contributed by atoms with Crippen LogP contribution in [0.25, 0.3) is 6.08 Å². The lowest BCUT2D eigenvalue weighted by Crippen LogP contribution is -2.22. The first-order valence-electron chi connectivity index (χ1n) is 7.96. The summed E-state index contributed by atoms with van der Waals surface area (Å²) in [6.07, 6.45) is 1.67. The van der Waals surface area contributed by atoms with Gasteiger partial charge >= 0.3 is 0 Å². The fourth-order valence-electron chi connectivity index (χ4n) is 2.45. The average molecular weight is 550 g/mol. The predicted octanol–water partition coefficient (Wildman–Crippen LogP) is 5.85. The number of ether oxygens (including phenoxy) is 2. The molecule has 0 aromatic heterocycles. The van der Waals surface area contributed by atoms with Crippen LogP contribution in [0.5, 0.6) is 11.5 Å². The quantitative estimate of drug-likeness (QED) is 0.346. The molecule has 9 heteroatoms. The summed E-state index contributed by atoms with van der Waals surface area (Å²) in [7, 11) is 3.00. The van der Waals surface area contributed by atoms with Crippen LogP contribution in [0.3, 0.4) is 0 Å². The van der Waals surface area contributed by atoms with Crippen LogP contribution in [-0.4, -0.2) is 30.2 Å². The Balaban J connectivity index is 1.84. The number of methoxy groups -OCH3 is 1. The Morgan fingerprint density at radius 3 is 2.54 bits per heavy atom. The normalized spacial score (nSPS) is 15.5. The van der Waals surface area contributed by atoms with Crippen molar-refractivity contribution < 1.29 is 19.1 Å². The van der Waals surface area contributed by atoms with E-state index in [4.69, 9.17) is 32.7 Å². The van der Waals surface area contributed by atoms with E-state index in [0.29, 0.717) is 26.4 Å². The molecule has 0 aliphatic carbocycles. The van der Waals surface area contributed by atoms with Gasteiger partial charge in [-0.2, -0.15) is 0 Å². The predicted molar refractivity (Wildman–Crippen MR) is 120 cm³/mol. The maximum absolute atomic E-state index is 12.1. The lowest BCUT2D eigenvalue weighted by Gasteiger charge is -2.14. The van der Waals surface area contributed by atoms with Gasteiger partial charge in [0.2, 0.25) is 0 Å². The summed E-state index contributed by atoms with van der Waals surface area (Å²) in [5.74, 6) is 0.785. The van der Waals surface area contributed by atoms with E-state index < -0.39 is 0 Å². The third-order valence-corrected chi connectivity index (χ3v) is 6.40. The summed E-state index contributed by atoms with van der Waals surface area (Å²) in [4.78, 5) is 25.2. The number of carbonyl (C=O) groups excluding carboxylic acids is 2. The van der Waals surface area contributed by atoms with E-state index in [-0.39, 0.29) is 17.8 Å². The molecule has 1 aliphatic heterocycles. The highest BCUT2D eigenvalue weighted by molar-refractivity contribution is 14.1. The van der Waals surface area contributed by atoms with Crippen molar-refractivity contribution in [2.75, 3.05) is 14.2 Å². The molecule has 28 heavy (non-hydrogen) atoms. The molecule has 0 bridgehead atoms. The smallest absolute Gasteiger partial charge is 0.293 e. The number of halogens is 3. The van der Waals surface area contributed by atoms with Gasteiger partial charge in [0.05, 0.1) is 25.6 Å². The summed E-state index contributed by atoms with van der Waals surface area (Å²) >= 11 is 15.0. The number of rotatable bonds is 5. The van der Waals surface area contributed by atoms with Crippen LogP contribution in [0.1, 0.15) is 11.1 Å². The first kappa shape index (κ1) is 21.3. The average Bonchev–Trinajstić information content (AvgIpc) is 2.90. The van der Waals surface area contributed by atoms with Gasteiger partial charge in [0.25, 0.3) is 11.1 Å². The topological polar surface area (TPSA) is 55.8 Å². The lowest BCUT2D eigenvalue weighted by molar-refractivity contribution is -0.121. The zero-order valence-corrected chi connectivity index (χ0v) is 19.3. The minimum Gasteiger partial charge on any atom is -0.493 e. The Morgan fingerprint density at radius 2 is 1.93 bits per heavy atom. The summed E-state index contributed by atoms with van der Waals surface area (Å²) < 4.78 is 12.2. The highest BCUT2D eigenvalue weighted by Crippen LogP contribution is 2.37. The van der Waals surface area contributed by atoms with E-state index in [0.717, 1.165) is 31.4 Å². The van der Waals surface area contributed by atoms with E-state index in [1.165, 1.54) is 7.05 Å². The van der Waals surface area contributed by atoms with Crippen molar-refractivity contribution in [2.45, 2.75) is 6.61 Å². The minimum atomic E-state index is -0.316. The largest absolute Gasteiger partial charge is 0.493 e. The fourth-order valence-corrected chi connectivity index (χ4v) is 4.37. The fraction of sp³-hybridized carbons (Fsp3) is 0.158. The Morgan fingerprint density at radius 1 is 1.18 bits per heavy atom. The van der Waals surface area contributed by atoms with Crippen molar-refractivity contribution in [3.63, 3.8) is 0 Å². The Hall–Kier alpha value is -1.42. The van der Waals surface area contributed by atoms with E-state index in [1.54, 1.807) is 31.4 Å². The second-order valence-corrected chi connectivity index (χ2v) is 8.78. The molecular weight excluding hydrogens is 536 g/mol. The van der Waals surface area contributed by atoms with Gasteiger partial charge in [0.1, 0.15) is 6.61 Å². The van der Waals surface area contributed by atoms with Gasteiger partial charge in [-0.15, -0.1) is 0 Å². The van der Waals surface area contributed by atoms with Crippen LogP contribution < -0.4 is 9.47 Å². The van der Waals surface area contributed by atoms with Gasteiger partial charge in [0, 0.05) is 7.05 Å². The summed E-state index contributed by atoms with van der Waals surface area (Å²) in [5.41, 5.74) is 1.61. The second-order valence-electron chi connectivity index (χ2n) is 5.81. The molecule has 0 unspecified atom stereocenters. The summed E-state index contributed by atoms with van der Waals surface area (Å²) in [5, 5.41) is 0.655. The van der Waals surface area contributed by atoms with Crippen molar-refractivity contribution in [1.29, 1.82) is 0 Å². The summed E-state index contributed by atoms with van der Waals surface area (Å²) in [6, 6.07) is 8.92. The maximum Gasteiger partial charge on any atom is 0.293 e. The van der Waals surface area contributed by atoms with Crippen LogP contribution >= 0.6 is 57.6 Å². The first-order valence-corrected chi connectivity index (χ1v) is 10.6. The molecule has 1 aliphatic rings. The van der Waals surface area contributed by atoms with E-state index >= 15 is 0 Å². The minimum absolute atomic E-state index is 0.289. The van der Waals surface area contributed by atoms with Gasteiger partial charge in [-0.05, 0) is 75.8 Å². The number of amides is 2. The Labute approximate surface area is 190 Å². The van der Waals surface area contributed by atoms with Gasteiger partial charge in [-0.25, -0.2) is 0 Å². The van der Waals surface area contributed by atoms with Crippen LogP contribution in [-0.2, 0) is 11.4 Å². The molecule has 146 valence electrons. The zero-order valence-electron chi connectivity index (χ0n) is 14.8. The maximum atomic E-state index is 12.1. The van der Waals surface area contributed by atoms with E-state index in [9.17, 15) is 9.59 Å². The molecule has 1 heterocycles. The third kappa shape index (κ3) is 4.59. The van der Waals surface area contributed by atoms with E-state index in [2.05, 4.69) is 22.6 Å². The number of nitrogens with zero attached hydrogens (tertiary/aromatic N) is 1. The Bertz CT molecular complexity index is 996. The molecule has 0 saturated carbocycles. The molecule has 2 amide bonds. The molecule has 5 nitrogen and oxygen atoms in total. The van der Waals surface area contributed by atoms with E-state index in [1.807, 2.05) is 12.1 Å². The van der Waals surface area contributed by atoms with Crippen molar-refractivity contribution >= 4 is 74.8 Å². The number of thioether (sulfide) groups is 1. The van der Waals surface area contributed by atoms with Crippen molar-refractivity contribution in [1.82, 2.24) is 4.90 Å². The number of benzene rings is 2. The van der Waals surface area contributed by atoms with Crippen molar-refractivity contribution in [3.8, 4) is 11.5 Å². The van der Waals surface area contributed by atoms with Crippen molar-refractivity contribution in [3.05, 3.63) is 60.0 Å². The standard InChI is InChI=1S/C19H14Cl2INO4S/c1-23-18(24)16(28-19(23)25)8-11-6-14(22)17(15(7-11)26-2)27-9-10-3-4-12(20)13(21)5-10/h3-8H,9H2,1-2H3/b16-8-. The number of imide groups is 1.